The minimum absolute atomic E-state index is 0.665. The van der Waals surface area contributed by atoms with Crippen LogP contribution >= 0.6 is 35.0 Å². The Morgan fingerprint density at radius 3 is 2.44 bits per heavy atom. The van der Waals surface area contributed by atoms with E-state index in [1.165, 1.54) is 4.90 Å². The largest absolute Gasteiger partial charge is 0.381 e. The van der Waals surface area contributed by atoms with Crippen LogP contribution in [0.25, 0.3) is 0 Å². The van der Waals surface area contributed by atoms with E-state index in [2.05, 4.69) is 35.8 Å². The fraction of sp³-hybridized carbons (Fsp3) is 0.143. The van der Waals surface area contributed by atoms with Crippen molar-refractivity contribution in [2.45, 2.75) is 11.4 Å². The molecule has 0 aliphatic carbocycles. The maximum atomic E-state index is 6.11. The van der Waals surface area contributed by atoms with E-state index in [9.17, 15) is 0 Å². The van der Waals surface area contributed by atoms with Gasteiger partial charge < -0.3 is 5.32 Å². The Morgan fingerprint density at radius 2 is 1.78 bits per heavy atom. The number of hydrogen-bond acceptors (Lipinski definition) is 2. The van der Waals surface area contributed by atoms with Gasteiger partial charge in [0.1, 0.15) is 0 Å². The average molecular weight is 298 g/mol. The molecule has 4 heteroatoms. The first kappa shape index (κ1) is 13.6. The molecule has 0 bridgehead atoms. The molecule has 0 radical (unpaired) electrons. The van der Waals surface area contributed by atoms with Crippen LogP contribution in [0.1, 0.15) is 5.56 Å². The smallest absolute Gasteiger partial charge is 0.0456 e. The van der Waals surface area contributed by atoms with E-state index in [0.717, 1.165) is 16.3 Å². The molecular weight excluding hydrogens is 285 g/mol. The lowest BCUT2D eigenvalue weighted by Gasteiger charge is -2.09. The van der Waals surface area contributed by atoms with E-state index in [1.54, 1.807) is 17.8 Å². The van der Waals surface area contributed by atoms with Gasteiger partial charge in [-0.05, 0) is 54.3 Å². The number of rotatable bonds is 4. The van der Waals surface area contributed by atoms with E-state index >= 15 is 0 Å². The molecule has 0 fully saturated rings. The lowest BCUT2D eigenvalue weighted by atomic mass is 10.2. The highest BCUT2D eigenvalue weighted by Crippen LogP contribution is 2.22. The SMILES string of the molecule is CSc1ccc(NCc2cc(Cl)ccc2Cl)cc1. The molecule has 0 heterocycles. The summed E-state index contributed by atoms with van der Waals surface area (Å²) in [6.07, 6.45) is 2.06. The third-order valence-electron chi connectivity index (χ3n) is 2.58. The van der Waals surface area contributed by atoms with E-state index in [4.69, 9.17) is 23.2 Å². The highest BCUT2D eigenvalue weighted by atomic mass is 35.5. The number of benzene rings is 2. The van der Waals surface area contributed by atoms with Crippen LogP contribution in [-0.2, 0) is 6.54 Å². The van der Waals surface area contributed by atoms with Gasteiger partial charge in [-0.3, -0.25) is 0 Å². The molecule has 0 saturated heterocycles. The first-order valence-electron chi connectivity index (χ1n) is 5.51. The summed E-state index contributed by atoms with van der Waals surface area (Å²) < 4.78 is 0. The normalized spacial score (nSPS) is 10.4. The van der Waals surface area contributed by atoms with Gasteiger partial charge in [0.05, 0.1) is 0 Å². The maximum Gasteiger partial charge on any atom is 0.0456 e. The van der Waals surface area contributed by atoms with Crippen LogP contribution in [0.3, 0.4) is 0 Å². The van der Waals surface area contributed by atoms with Crippen molar-refractivity contribution in [1.29, 1.82) is 0 Å². The third kappa shape index (κ3) is 3.58. The van der Waals surface area contributed by atoms with Crippen LogP contribution in [0.4, 0.5) is 5.69 Å². The van der Waals surface area contributed by atoms with Crippen molar-refractivity contribution >= 4 is 40.7 Å². The number of thioether (sulfide) groups is 1. The summed E-state index contributed by atoms with van der Waals surface area (Å²) in [6.45, 7) is 0.665. The Hall–Kier alpha value is -0.830. The second-order valence-corrected chi connectivity index (χ2v) is 5.54. The second-order valence-electron chi connectivity index (χ2n) is 3.82. The zero-order valence-electron chi connectivity index (χ0n) is 9.91. The monoisotopic (exact) mass is 297 g/mol. The number of halogens is 2. The van der Waals surface area contributed by atoms with E-state index < -0.39 is 0 Å². The minimum Gasteiger partial charge on any atom is -0.381 e. The molecule has 0 aliphatic rings. The summed E-state index contributed by atoms with van der Waals surface area (Å²) in [5, 5.41) is 4.76. The Bertz CT molecular complexity index is 526. The Kier molecular flexibility index (Phi) is 4.81. The predicted molar refractivity (Wildman–Crippen MR) is 82.0 cm³/mol. The molecular formula is C14H13Cl2NS. The van der Waals surface area contributed by atoms with Crippen molar-refractivity contribution in [3.8, 4) is 0 Å². The summed E-state index contributed by atoms with van der Waals surface area (Å²) in [4.78, 5) is 1.25. The Balaban J connectivity index is 2.04. The first-order chi connectivity index (χ1) is 8.69. The molecule has 1 N–H and O–H groups in total. The summed E-state index contributed by atoms with van der Waals surface area (Å²) in [6, 6.07) is 13.8. The molecule has 0 aliphatic heterocycles. The maximum absolute atomic E-state index is 6.11. The molecule has 2 rings (SSSR count). The zero-order chi connectivity index (χ0) is 13.0. The molecule has 2 aromatic rings. The van der Waals surface area contributed by atoms with E-state index in [0.29, 0.717) is 11.6 Å². The molecule has 94 valence electrons. The Labute approximate surface area is 121 Å². The van der Waals surface area contributed by atoms with Gasteiger partial charge in [-0.25, -0.2) is 0 Å². The molecule has 0 atom stereocenters. The molecule has 0 saturated carbocycles. The molecule has 0 amide bonds. The molecule has 18 heavy (non-hydrogen) atoms. The van der Waals surface area contributed by atoms with Crippen LogP contribution in [0.15, 0.2) is 47.4 Å². The number of nitrogens with one attached hydrogen (secondary N) is 1. The van der Waals surface area contributed by atoms with Crippen molar-refractivity contribution in [1.82, 2.24) is 0 Å². The van der Waals surface area contributed by atoms with Crippen molar-refractivity contribution in [2.24, 2.45) is 0 Å². The van der Waals surface area contributed by atoms with Crippen LogP contribution in [0, 0.1) is 0 Å². The summed E-state index contributed by atoms with van der Waals surface area (Å²) in [5.41, 5.74) is 2.07. The Morgan fingerprint density at radius 1 is 1.06 bits per heavy atom. The highest BCUT2D eigenvalue weighted by Gasteiger charge is 2.01. The van der Waals surface area contributed by atoms with Crippen molar-refractivity contribution in [3.63, 3.8) is 0 Å². The van der Waals surface area contributed by atoms with Crippen LogP contribution in [0.5, 0.6) is 0 Å². The third-order valence-corrected chi connectivity index (χ3v) is 3.93. The molecule has 0 unspecified atom stereocenters. The fourth-order valence-electron chi connectivity index (χ4n) is 1.58. The highest BCUT2D eigenvalue weighted by molar-refractivity contribution is 7.98. The van der Waals surface area contributed by atoms with Crippen LogP contribution in [0.2, 0.25) is 10.0 Å². The van der Waals surface area contributed by atoms with Gasteiger partial charge in [-0.2, -0.15) is 0 Å². The van der Waals surface area contributed by atoms with Gasteiger partial charge in [0.2, 0.25) is 0 Å². The summed E-state index contributed by atoms with van der Waals surface area (Å²) >= 11 is 13.8. The van der Waals surface area contributed by atoms with E-state index in [1.807, 2.05) is 12.1 Å². The lowest BCUT2D eigenvalue weighted by molar-refractivity contribution is 1.15. The van der Waals surface area contributed by atoms with Gasteiger partial charge in [0.15, 0.2) is 0 Å². The van der Waals surface area contributed by atoms with Gasteiger partial charge >= 0.3 is 0 Å². The topological polar surface area (TPSA) is 12.0 Å². The molecule has 0 aromatic heterocycles. The van der Waals surface area contributed by atoms with Crippen molar-refractivity contribution in [2.75, 3.05) is 11.6 Å². The standard InChI is InChI=1S/C14H13Cl2NS/c1-18-13-5-3-12(4-6-13)17-9-10-8-11(15)2-7-14(10)16/h2-8,17H,9H2,1H3. The van der Waals surface area contributed by atoms with Gasteiger partial charge in [0.25, 0.3) is 0 Å². The minimum atomic E-state index is 0.665. The molecule has 1 nitrogen and oxygen atoms in total. The van der Waals surface area contributed by atoms with E-state index in [-0.39, 0.29) is 0 Å². The number of hydrogen-bond donors (Lipinski definition) is 1. The molecule has 2 aromatic carbocycles. The van der Waals surface area contributed by atoms with Gasteiger partial charge in [-0.15, -0.1) is 11.8 Å². The zero-order valence-corrected chi connectivity index (χ0v) is 12.2. The fourth-order valence-corrected chi connectivity index (χ4v) is 2.37. The van der Waals surface area contributed by atoms with Crippen molar-refractivity contribution in [3.05, 3.63) is 58.1 Å². The van der Waals surface area contributed by atoms with Gasteiger partial charge in [-0.1, -0.05) is 23.2 Å². The lowest BCUT2D eigenvalue weighted by Crippen LogP contribution is -1.99. The summed E-state index contributed by atoms with van der Waals surface area (Å²) in [5.74, 6) is 0. The predicted octanol–water partition coefficient (Wildman–Crippen LogP) is 5.33. The average Bonchev–Trinajstić information content (AvgIpc) is 2.40. The van der Waals surface area contributed by atoms with Crippen molar-refractivity contribution < 1.29 is 0 Å². The van der Waals surface area contributed by atoms with Gasteiger partial charge in [0, 0.05) is 27.2 Å². The first-order valence-corrected chi connectivity index (χ1v) is 7.49. The molecule has 0 spiro atoms. The van der Waals surface area contributed by atoms with Crippen LogP contribution in [-0.4, -0.2) is 6.26 Å². The number of anilines is 1. The summed E-state index contributed by atoms with van der Waals surface area (Å²) in [7, 11) is 0. The second kappa shape index (κ2) is 6.37. The van der Waals surface area contributed by atoms with Crippen LogP contribution < -0.4 is 5.32 Å². The quantitative estimate of drug-likeness (QED) is 0.766.